The number of sulfonamides is 1. The van der Waals surface area contributed by atoms with Crippen molar-refractivity contribution in [2.45, 2.75) is 31.2 Å². The molecule has 2 heterocycles. The van der Waals surface area contributed by atoms with Gasteiger partial charge in [0.2, 0.25) is 10.0 Å². The Bertz CT molecular complexity index is 1460. The third-order valence-corrected chi connectivity index (χ3v) is 9.16. The molecule has 2 unspecified atom stereocenters. The number of carbonyl (C=O) groups is 2. The number of nitrogens with one attached hydrogen (secondary N) is 1. The quantitative estimate of drug-likeness (QED) is 0.438. The van der Waals surface area contributed by atoms with Crippen LogP contribution in [0.3, 0.4) is 0 Å². The predicted molar refractivity (Wildman–Crippen MR) is 154 cm³/mol. The summed E-state index contributed by atoms with van der Waals surface area (Å²) in [7, 11) is -3.82. The molecule has 40 heavy (non-hydrogen) atoms. The number of hydrogen-bond donors (Lipinski definition) is 2. The maximum Gasteiger partial charge on any atom is 0.254 e. The van der Waals surface area contributed by atoms with Crippen LogP contribution in [-0.4, -0.2) is 62.8 Å². The minimum absolute atomic E-state index is 0.0301. The Morgan fingerprint density at radius 3 is 2.05 bits per heavy atom. The molecule has 0 radical (unpaired) electrons. The van der Waals surface area contributed by atoms with Crippen molar-refractivity contribution >= 4 is 21.8 Å². The zero-order valence-electron chi connectivity index (χ0n) is 22.9. The zero-order chi connectivity index (χ0) is 28.4. The lowest BCUT2D eigenvalue weighted by atomic mass is 10.0. The van der Waals surface area contributed by atoms with Crippen molar-refractivity contribution in [3.8, 4) is 0 Å². The van der Waals surface area contributed by atoms with Gasteiger partial charge in [-0.15, -0.1) is 0 Å². The first-order valence-corrected chi connectivity index (χ1v) is 15.2. The summed E-state index contributed by atoms with van der Waals surface area (Å²) in [5.74, 6) is 0.778. The molecule has 2 fully saturated rings. The summed E-state index contributed by atoms with van der Waals surface area (Å²) in [6.07, 6.45) is 0.732. The molecule has 0 spiro atoms. The van der Waals surface area contributed by atoms with E-state index in [-0.39, 0.29) is 22.8 Å². The van der Waals surface area contributed by atoms with Gasteiger partial charge in [-0.05, 0) is 73.1 Å². The number of nitrogens with two attached hydrogens (primary N) is 1. The van der Waals surface area contributed by atoms with E-state index in [1.54, 1.807) is 0 Å². The van der Waals surface area contributed by atoms with Crippen molar-refractivity contribution in [1.82, 2.24) is 15.1 Å². The van der Waals surface area contributed by atoms with E-state index in [4.69, 9.17) is 5.14 Å². The van der Waals surface area contributed by atoms with E-state index in [1.807, 2.05) is 67.3 Å². The molecule has 3 aromatic rings. The molecule has 0 aromatic heterocycles. The number of aryl methyl sites for hydroxylation is 2. The molecule has 9 heteroatoms. The van der Waals surface area contributed by atoms with E-state index in [1.165, 1.54) is 24.3 Å². The van der Waals surface area contributed by atoms with Crippen LogP contribution in [0.5, 0.6) is 0 Å². The topological polar surface area (TPSA) is 113 Å². The molecule has 3 atom stereocenters. The Hall–Kier alpha value is -3.53. The number of carbonyl (C=O) groups excluding carboxylic acids is 2. The number of nitrogens with zero attached hydrogens (tertiary/aromatic N) is 2. The lowest BCUT2D eigenvalue weighted by molar-refractivity contribution is 0.0772. The average Bonchev–Trinajstić information content (AvgIpc) is 3.50. The van der Waals surface area contributed by atoms with Crippen LogP contribution < -0.4 is 10.5 Å². The molecule has 210 valence electrons. The number of primary sulfonamides is 1. The fourth-order valence-corrected chi connectivity index (χ4v) is 6.62. The van der Waals surface area contributed by atoms with Gasteiger partial charge in [0.05, 0.1) is 10.9 Å². The molecule has 2 aliphatic heterocycles. The van der Waals surface area contributed by atoms with Gasteiger partial charge in [-0.1, -0.05) is 48.5 Å². The fourth-order valence-electron chi connectivity index (χ4n) is 6.11. The number of amides is 2. The van der Waals surface area contributed by atoms with Gasteiger partial charge < -0.3 is 15.1 Å². The van der Waals surface area contributed by atoms with Crippen LogP contribution in [0.25, 0.3) is 0 Å². The van der Waals surface area contributed by atoms with Crippen LogP contribution in [0.2, 0.25) is 0 Å². The molecule has 0 saturated carbocycles. The highest BCUT2D eigenvalue weighted by Crippen LogP contribution is 2.33. The Labute approximate surface area is 236 Å². The molecule has 2 aliphatic rings. The summed E-state index contributed by atoms with van der Waals surface area (Å²) < 4.78 is 23.1. The van der Waals surface area contributed by atoms with Crippen molar-refractivity contribution in [3.05, 3.63) is 101 Å². The standard InChI is InChI=1S/C31H36N4O4S/c1-21-7-6-8-22(2)29(21)31(37)35-19-25-17-34(18-26(25)20-35)16-15-28(23-9-4-3-5-10-23)33-30(36)24-11-13-27(14-12-24)40(32,38)39/h3-14,25-26,28H,15-20H2,1-2H3,(H,33,36)(H2,32,38,39)/t25?,26?,28-/m0/s1. The summed E-state index contributed by atoms with van der Waals surface area (Å²) in [6.45, 7) is 8.25. The van der Waals surface area contributed by atoms with E-state index in [2.05, 4.69) is 10.2 Å². The third kappa shape index (κ3) is 6.11. The first-order chi connectivity index (χ1) is 19.1. The maximum atomic E-state index is 13.3. The smallest absolute Gasteiger partial charge is 0.254 e. The summed E-state index contributed by atoms with van der Waals surface area (Å²) in [5, 5.41) is 8.31. The van der Waals surface area contributed by atoms with E-state index in [0.29, 0.717) is 17.4 Å². The van der Waals surface area contributed by atoms with E-state index < -0.39 is 10.0 Å². The minimum Gasteiger partial charge on any atom is -0.345 e. The first-order valence-electron chi connectivity index (χ1n) is 13.7. The largest absolute Gasteiger partial charge is 0.345 e. The van der Waals surface area contributed by atoms with Gasteiger partial charge in [0.25, 0.3) is 11.8 Å². The van der Waals surface area contributed by atoms with Gasteiger partial charge in [0, 0.05) is 43.9 Å². The van der Waals surface area contributed by atoms with Gasteiger partial charge in [-0.3, -0.25) is 9.59 Å². The number of hydrogen-bond acceptors (Lipinski definition) is 5. The van der Waals surface area contributed by atoms with Crippen molar-refractivity contribution in [3.63, 3.8) is 0 Å². The zero-order valence-corrected chi connectivity index (χ0v) is 23.7. The second kappa shape index (κ2) is 11.5. The van der Waals surface area contributed by atoms with Crippen molar-refractivity contribution < 1.29 is 18.0 Å². The van der Waals surface area contributed by atoms with Gasteiger partial charge in [-0.25, -0.2) is 13.6 Å². The van der Waals surface area contributed by atoms with Crippen LogP contribution in [0.4, 0.5) is 0 Å². The van der Waals surface area contributed by atoms with E-state index in [9.17, 15) is 18.0 Å². The van der Waals surface area contributed by atoms with Gasteiger partial charge >= 0.3 is 0 Å². The second-order valence-corrected chi connectivity index (χ2v) is 12.6. The predicted octanol–water partition coefficient (Wildman–Crippen LogP) is 3.52. The van der Waals surface area contributed by atoms with Crippen LogP contribution in [0, 0.1) is 25.7 Å². The van der Waals surface area contributed by atoms with Gasteiger partial charge in [0.15, 0.2) is 0 Å². The van der Waals surface area contributed by atoms with Crippen LogP contribution >= 0.6 is 0 Å². The molecule has 8 nitrogen and oxygen atoms in total. The average molecular weight is 561 g/mol. The van der Waals surface area contributed by atoms with E-state index in [0.717, 1.165) is 61.4 Å². The van der Waals surface area contributed by atoms with Crippen LogP contribution in [0.1, 0.15) is 49.9 Å². The van der Waals surface area contributed by atoms with Gasteiger partial charge in [-0.2, -0.15) is 0 Å². The molecule has 0 bridgehead atoms. The van der Waals surface area contributed by atoms with Crippen LogP contribution in [0.15, 0.2) is 77.7 Å². The maximum absolute atomic E-state index is 13.3. The van der Waals surface area contributed by atoms with Crippen molar-refractivity contribution in [2.24, 2.45) is 17.0 Å². The summed E-state index contributed by atoms with van der Waals surface area (Å²) in [6, 6.07) is 21.3. The third-order valence-electron chi connectivity index (χ3n) is 8.23. The monoisotopic (exact) mass is 560 g/mol. The molecule has 5 rings (SSSR count). The lowest BCUT2D eigenvalue weighted by Gasteiger charge is -2.25. The Morgan fingerprint density at radius 2 is 1.48 bits per heavy atom. The summed E-state index contributed by atoms with van der Waals surface area (Å²) in [5.41, 5.74) is 4.27. The Morgan fingerprint density at radius 1 is 0.875 bits per heavy atom. The number of likely N-dealkylation sites (tertiary alicyclic amines) is 2. The fraction of sp³-hybridized carbons (Fsp3) is 0.355. The Balaban J connectivity index is 1.20. The molecule has 3 aromatic carbocycles. The highest BCUT2D eigenvalue weighted by atomic mass is 32.2. The molecular formula is C31H36N4O4S. The van der Waals surface area contributed by atoms with Crippen molar-refractivity contribution in [1.29, 1.82) is 0 Å². The molecule has 2 saturated heterocycles. The molecular weight excluding hydrogens is 524 g/mol. The Kier molecular flexibility index (Phi) is 8.07. The van der Waals surface area contributed by atoms with Crippen molar-refractivity contribution in [2.75, 3.05) is 32.7 Å². The SMILES string of the molecule is Cc1cccc(C)c1C(=O)N1CC2CN(CC[C@H](NC(=O)c3ccc(S(N)(=O)=O)cc3)c3ccccc3)CC2C1. The molecule has 3 N–H and O–H groups in total. The van der Waals surface area contributed by atoms with E-state index >= 15 is 0 Å². The summed E-state index contributed by atoms with van der Waals surface area (Å²) in [4.78, 5) is 30.8. The molecule has 2 amide bonds. The first kappa shape index (κ1) is 28.0. The molecule has 0 aliphatic carbocycles. The van der Waals surface area contributed by atoms with Gasteiger partial charge in [0.1, 0.15) is 0 Å². The normalized spacial score (nSPS) is 19.8. The highest BCUT2D eigenvalue weighted by Gasteiger charge is 2.42. The second-order valence-electron chi connectivity index (χ2n) is 11.1. The number of fused-ring (bicyclic) bond motifs is 1. The lowest BCUT2D eigenvalue weighted by Crippen LogP contribution is -2.35. The summed E-state index contributed by atoms with van der Waals surface area (Å²) >= 11 is 0. The highest BCUT2D eigenvalue weighted by molar-refractivity contribution is 7.89. The van der Waals surface area contributed by atoms with Crippen LogP contribution in [-0.2, 0) is 10.0 Å². The minimum atomic E-state index is -3.82. The number of rotatable bonds is 8. The number of benzene rings is 3.